The SMILES string of the molecule is Cc1c(-c2cc(Cl)c3occc3c2O)nnc2c1ncn2C1CC(C)(O)C1. The molecule has 0 unspecified atom stereocenters. The normalized spacial score (nSPS) is 22.4. The Morgan fingerprint density at radius 2 is 2.11 bits per heavy atom. The number of rotatable bonds is 2. The summed E-state index contributed by atoms with van der Waals surface area (Å²) in [4.78, 5) is 4.51. The molecular weight excluding hydrogens is 368 g/mol. The average Bonchev–Trinajstić information content (AvgIpc) is 3.24. The minimum atomic E-state index is -0.633. The number of imidazole rings is 1. The van der Waals surface area contributed by atoms with E-state index in [0.29, 0.717) is 51.3 Å². The van der Waals surface area contributed by atoms with Gasteiger partial charge in [-0.3, -0.25) is 0 Å². The first-order chi connectivity index (χ1) is 12.9. The third-order valence-electron chi connectivity index (χ3n) is 5.39. The predicted octanol–water partition coefficient (Wildman–Crippen LogP) is 3.99. The Balaban J connectivity index is 1.66. The summed E-state index contributed by atoms with van der Waals surface area (Å²) >= 11 is 6.30. The van der Waals surface area contributed by atoms with Crippen LogP contribution in [0.2, 0.25) is 5.02 Å². The molecule has 1 aliphatic carbocycles. The van der Waals surface area contributed by atoms with Crippen LogP contribution in [0.15, 0.2) is 29.1 Å². The zero-order chi connectivity index (χ0) is 18.9. The van der Waals surface area contributed by atoms with Gasteiger partial charge in [0.25, 0.3) is 0 Å². The lowest BCUT2D eigenvalue weighted by atomic mass is 9.77. The summed E-state index contributed by atoms with van der Waals surface area (Å²) in [5.74, 6) is 0.0503. The average molecular weight is 385 g/mol. The van der Waals surface area contributed by atoms with Gasteiger partial charge in [-0.15, -0.1) is 10.2 Å². The van der Waals surface area contributed by atoms with Crippen LogP contribution in [0.5, 0.6) is 5.75 Å². The van der Waals surface area contributed by atoms with Crippen molar-refractivity contribution < 1.29 is 14.6 Å². The third-order valence-corrected chi connectivity index (χ3v) is 5.67. The molecule has 5 rings (SSSR count). The maximum Gasteiger partial charge on any atom is 0.183 e. The second-order valence-corrected chi connectivity index (χ2v) is 7.88. The standard InChI is InChI=1S/C19H17ClN4O3/c1-9-14(12-5-13(20)17-11(16(12)25)3-4-27-17)22-23-18-15(9)21-8-24(18)10-6-19(2,26)7-10/h3-5,8,10,25-26H,6-7H2,1-2H3. The van der Waals surface area contributed by atoms with E-state index in [1.807, 2.05) is 18.4 Å². The number of hydrogen-bond donors (Lipinski definition) is 2. The molecule has 0 amide bonds. The van der Waals surface area contributed by atoms with Crippen LogP contribution in [0.25, 0.3) is 33.4 Å². The lowest BCUT2D eigenvalue weighted by Crippen LogP contribution is -2.41. The van der Waals surface area contributed by atoms with Crippen LogP contribution < -0.4 is 0 Å². The van der Waals surface area contributed by atoms with Gasteiger partial charge in [0.05, 0.1) is 28.6 Å². The van der Waals surface area contributed by atoms with Crippen molar-refractivity contribution in [2.45, 2.75) is 38.3 Å². The summed E-state index contributed by atoms with van der Waals surface area (Å²) in [5.41, 5.74) is 3.01. The topological polar surface area (TPSA) is 97.2 Å². The van der Waals surface area contributed by atoms with Gasteiger partial charge in [0.2, 0.25) is 0 Å². The minimum absolute atomic E-state index is 0.0503. The number of benzene rings is 1. The fourth-order valence-electron chi connectivity index (χ4n) is 3.94. The second kappa shape index (κ2) is 5.43. The Hall–Kier alpha value is -2.64. The van der Waals surface area contributed by atoms with E-state index in [1.165, 1.54) is 6.26 Å². The molecule has 3 aromatic heterocycles. The van der Waals surface area contributed by atoms with Crippen LogP contribution in [-0.4, -0.2) is 35.6 Å². The van der Waals surface area contributed by atoms with Crippen LogP contribution in [0.1, 0.15) is 31.4 Å². The van der Waals surface area contributed by atoms with Crippen LogP contribution >= 0.6 is 11.6 Å². The summed E-state index contributed by atoms with van der Waals surface area (Å²) in [7, 11) is 0. The molecule has 27 heavy (non-hydrogen) atoms. The molecule has 138 valence electrons. The molecular formula is C19H17ClN4O3. The zero-order valence-corrected chi connectivity index (χ0v) is 15.5. The fourth-order valence-corrected chi connectivity index (χ4v) is 4.20. The van der Waals surface area contributed by atoms with Crippen molar-refractivity contribution in [3.05, 3.63) is 35.3 Å². The van der Waals surface area contributed by atoms with E-state index in [0.717, 1.165) is 5.56 Å². The minimum Gasteiger partial charge on any atom is -0.506 e. The van der Waals surface area contributed by atoms with E-state index in [-0.39, 0.29) is 11.8 Å². The maximum absolute atomic E-state index is 10.7. The number of furan rings is 1. The number of phenolic OH excluding ortho intramolecular Hbond substituents is 1. The van der Waals surface area contributed by atoms with Gasteiger partial charge in [0.1, 0.15) is 17.0 Å². The molecule has 3 heterocycles. The monoisotopic (exact) mass is 384 g/mol. The molecule has 7 nitrogen and oxygen atoms in total. The summed E-state index contributed by atoms with van der Waals surface area (Å²) in [5, 5.41) is 30.3. The van der Waals surface area contributed by atoms with E-state index in [1.54, 1.807) is 18.5 Å². The van der Waals surface area contributed by atoms with Crippen molar-refractivity contribution in [1.29, 1.82) is 0 Å². The molecule has 0 aliphatic heterocycles. The highest BCUT2D eigenvalue weighted by Crippen LogP contribution is 2.44. The van der Waals surface area contributed by atoms with Crippen LogP contribution in [0.4, 0.5) is 0 Å². The maximum atomic E-state index is 10.7. The molecule has 2 N–H and O–H groups in total. The molecule has 1 aliphatic rings. The molecule has 0 atom stereocenters. The summed E-state index contributed by atoms with van der Waals surface area (Å²) < 4.78 is 7.28. The van der Waals surface area contributed by atoms with E-state index >= 15 is 0 Å². The van der Waals surface area contributed by atoms with E-state index < -0.39 is 5.60 Å². The van der Waals surface area contributed by atoms with Gasteiger partial charge in [-0.05, 0) is 38.8 Å². The van der Waals surface area contributed by atoms with Crippen molar-refractivity contribution >= 4 is 33.7 Å². The lowest BCUT2D eigenvalue weighted by Gasteiger charge is -2.41. The fraction of sp³-hybridized carbons (Fsp3) is 0.316. The number of hydrogen-bond acceptors (Lipinski definition) is 6. The Kier molecular flexibility index (Phi) is 3.33. The summed E-state index contributed by atoms with van der Waals surface area (Å²) in [6.07, 6.45) is 4.54. The Morgan fingerprint density at radius 3 is 2.85 bits per heavy atom. The molecule has 0 radical (unpaired) electrons. The Labute approximate surface area is 159 Å². The van der Waals surface area contributed by atoms with E-state index in [9.17, 15) is 10.2 Å². The number of aliphatic hydroxyl groups is 1. The lowest BCUT2D eigenvalue weighted by molar-refractivity contribution is -0.0499. The quantitative estimate of drug-likeness (QED) is 0.542. The predicted molar refractivity (Wildman–Crippen MR) is 101 cm³/mol. The van der Waals surface area contributed by atoms with Gasteiger partial charge in [-0.1, -0.05) is 11.6 Å². The van der Waals surface area contributed by atoms with Gasteiger partial charge in [-0.25, -0.2) is 4.98 Å². The van der Waals surface area contributed by atoms with Gasteiger partial charge in [-0.2, -0.15) is 0 Å². The molecule has 0 saturated heterocycles. The first kappa shape index (κ1) is 16.5. The van der Waals surface area contributed by atoms with Gasteiger partial charge in [0, 0.05) is 17.2 Å². The molecule has 4 aromatic rings. The molecule has 8 heteroatoms. The largest absolute Gasteiger partial charge is 0.506 e. The highest BCUT2D eigenvalue weighted by molar-refractivity contribution is 6.35. The smallest absolute Gasteiger partial charge is 0.183 e. The third kappa shape index (κ3) is 2.35. The van der Waals surface area contributed by atoms with E-state index in [4.69, 9.17) is 16.0 Å². The number of nitrogens with zero attached hydrogens (tertiary/aromatic N) is 4. The molecule has 1 aromatic carbocycles. The van der Waals surface area contributed by atoms with Crippen LogP contribution in [-0.2, 0) is 0 Å². The van der Waals surface area contributed by atoms with Crippen molar-refractivity contribution in [1.82, 2.24) is 19.7 Å². The number of fused-ring (bicyclic) bond motifs is 2. The van der Waals surface area contributed by atoms with Crippen molar-refractivity contribution in [2.24, 2.45) is 0 Å². The number of phenols is 1. The van der Waals surface area contributed by atoms with Crippen LogP contribution in [0.3, 0.4) is 0 Å². The molecule has 1 fully saturated rings. The number of aromatic nitrogens is 4. The molecule has 0 bridgehead atoms. The molecule has 1 saturated carbocycles. The zero-order valence-electron chi connectivity index (χ0n) is 14.8. The van der Waals surface area contributed by atoms with Gasteiger partial charge >= 0.3 is 0 Å². The number of aromatic hydroxyl groups is 1. The number of aryl methyl sites for hydroxylation is 1. The second-order valence-electron chi connectivity index (χ2n) is 7.47. The molecule has 0 spiro atoms. The first-order valence-electron chi connectivity index (χ1n) is 8.67. The number of halogens is 1. The van der Waals surface area contributed by atoms with Crippen molar-refractivity contribution in [2.75, 3.05) is 0 Å². The summed E-state index contributed by atoms with van der Waals surface area (Å²) in [6, 6.07) is 3.46. The summed E-state index contributed by atoms with van der Waals surface area (Å²) in [6.45, 7) is 3.73. The van der Waals surface area contributed by atoms with Crippen LogP contribution in [0, 0.1) is 6.92 Å². The van der Waals surface area contributed by atoms with Crippen molar-refractivity contribution in [3.8, 4) is 17.0 Å². The van der Waals surface area contributed by atoms with E-state index in [2.05, 4.69) is 15.2 Å². The van der Waals surface area contributed by atoms with Gasteiger partial charge < -0.3 is 19.2 Å². The highest BCUT2D eigenvalue weighted by Gasteiger charge is 2.40. The Bertz CT molecular complexity index is 1200. The first-order valence-corrected chi connectivity index (χ1v) is 9.05. The Morgan fingerprint density at radius 1 is 1.33 bits per heavy atom. The highest BCUT2D eigenvalue weighted by atomic mass is 35.5. The van der Waals surface area contributed by atoms with Crippen molar-refractivity contribution in [3.63, 3.8) is 0 Å². The van der Waals surface area contributed by atoms with Gasteiger partial charge in [0.15, 0.2) is 11.2 Å².